The van der Waals surface area contributed by atoms with Crippen LogP contribution in [0.5, 0.6) is 5.75 Å². The highest BCUT2D eigenvalue weighted by Gasteiger charge is 1.99. The summed E-state index contributed by atoms with van der Waals surface area (Å²) in [7, 11) is 0. The Hall–Kier alpha value is -1.06. The van der Waals surface area contributed by atoms with E-state index in [0.717, 1.165) is 5.75 Å². The molecule has 0 saturated carbocycles. The molecule has 0 radical (unpaired) electrons. The Balaban J connectivity index is 2.44. The number of benzene rings is 1. The molecule has 0 saturated heterocycles. The zero-order valence-electron chi connectivity index (χ0n) is 8.56. The quantitative estimate of drug-likeness (QED) is 0.784. The van der Waals surface area contributed by atoms with Gasteiger partial charge in [0.05, 0.1) is 13.2 Å². The third kappa shape index (κ3) is 4.81. The van der Waals surface area contributed by atoms with E-state index < -0.39 is 0 Å². The fourth-order valence-electron chi connectivity index (χ4n) is 1.04. The van der Waals surface area contributed by atoms with E-state index in [4.69, 9.17) is 21.4 Å². The monoisotopic (exact) mass is 227 g/mol. The third-order valence-electron chi connectivity index (χ3n) is 1.68. The van der Waals surface area contributed by atoms with Crippen molar-refractivity contribution in [3.05, 3.63) is 29.3 Å². The minimum atomic E-state index is -0.113. The molecule has 0 aliphatic rings. The topological polar surface area (TPSA) is 41.8 Å². The van der Waals surface area contributed by atoms with Crippen molar-refractivity contribution in [2.45, 2.75) is 13.0 Å². The molecule has 1 unspecified atom stereocenters. The molecule has 1 aromatic rings. The fraction of sp³-hybridized carbons (Fsp3) is 0.364. The molecular formula is C11H14ClNO2. The zero-order valence-corrected chi connectivity index (χ0v) is 9.31. The van der Waals surface area contributed by atoms with E-state index in [-0.39, 0.29) is 12.7 Å². The van der Waals surface area contributed by atoms with Gasteiger partial charge in [0.2, 0.25) is 0 Å². The lowest BCUT2D eigenvalue weighted by Gasteiger charge is -2.09. The second-order valence-corrected chi connectivity index (χ2v) is 3.49. The lowest BCUT2D eigenvalue weighted by Crippen LogP contribution is -2.13. The van der Waals surface area contributed by atoms with Crippen LogP contribution in [0.15, 0.2) is 29.3 Å². The van der Waals surface area contributed by atoms with E-state index in [1.165, 1.54) is 0 Å². The average molecular weight is 228 g/mol. The number of aliphatic hydroxyl groups is 1. The Bertz CT molecular complexity index is 311. The van der Waals surface area contributed by atoms with Crippen molar-refractivity contribution in [2.24, 2.45) is 4.99 Å². The van der Waals surface area contributed by atoms with E-state index in [1.54, 1.807) is 30.5 Å². The first kappa shape index (κ1) is 12.0. The molecule has 0 heterocycles. The molecule has 0 aliphatic heterocycles. The van der Waals surface area contributed by atoms with Gasteiger partial charge in [-0.1, -0.05) is 11.6 Å². The van der Waals surface area contributed by atoms with Crippen LogP contribution in [0.25, 0.3) is 0 Å². The molecule has 82 valence electrons. The summed E-state index contributed by atoms with van der Waals surface area (Å²) in [6.07, 6.45) is 1.56. The smallest absolute Gasteiger partial charge is 0.130 e. The first-order chi connectivity index (χ1) is 7.22. The Labute approximate surface area is 94.4 Å². The summed E-state index contributed by atoms with van der Waals surface area (Å²) in [4.78, 5) is 3.98. The van der Waals surface area contributed by atoms with Crippen LogP contribution in [0.4, 0.5) is 0 Å². The van der Waals surface area contributed by atoms with E-state index in [9.17, 15) is 0 Å². The average Bonchev–Trinajstić information content (AvgIpc) is 2.22. The van der Waals surface area contributed by atoms with Gasteiger partial charge in [0.25, 0.3) is 0 Å². The number of halogens is 1. The maximum atomic E-state index is 8.53. The van der Waals surface area contributed by atoms with Crippen LogP contribution in [0.2, 0.25) is 5.02 Å². The van der Waals surface area contributed by atoms with E-state index >= 15 is 0 Å². The van der Waals surface area contributed by atoms with Gasteiger partial charge in [-0.2, -0.15) is 0 Å². The highest BCUT2D eigenvalue weighted by molar-refractivity contribution is 6.30. The van der Waals surface area contributed by atoms with Crippen molar-refractivity contribution in [3.63, 3.8) is 0 Å². The van der Waals surface area contributed by atoms with Gasteiger partial charge >= 0.3 is 0 Å². The predicted octanol–water partition coefficient (Wildman–Crippen LogP) is 2.17. The second-order valence-electron chi connectivity index (χ2n) is 3.06. The second kappa shape index (κ2) is 6.43. The summed E-state index contributed by atoms with van der Waals surface area (Å²) in [5, 5.41) is 9.21. The molecule has 15 heavy (non-hydrogen) atoms. The maximum Gasteiger partial charge on any atom is 0.130 e. The van der Waals surface area contributed by atoms with Crippen LogP contribution < -0.4 is 4.74 Å². The first-order valence-corrected chi connectivity index (χ1v) is 5.13. The Kier molecular flexibility index (Phi) is 5.15. The Morgan fingerprint density at radius 3 is 2.73 bits per heavy atom. The lowest BCUT2D eigenvalue weighted by atomic mass is 10.3. The summed E-state index contributed by atoms with van der Waals surface area (Å²) in [6.45, 7) is 2.36. The Morgan fingerprint density at radius 1 is 1.47 bits per heavy atom. The zero-order chi connectivity index (χ0) is 11.1. The molecule has 0 aliphatic carbocycles. The minimum Gasteiger partial charge on any atom is -0.485 e. The SMILES string of the molecule is CC(C=NCCO)Oc1ccc(Cl)cc1. The summed E-state index contributed by atoms with van der Waals surface area (Å²) < 4.78 is 5.53. The van der Waals surface area contributed by atoms with Gasteiger partial charge in [-0.15, -0.1) is 0 Å². The van der Waals surface area contributed by atoms with Crippen molar-refractivity contribution in [2.75, 3.05) is 13.2 Å². The third-order valence-corrected chi connectivity index (χ3v) is 1.93. The van der Waals surface area contributed by atoms with E-state index in [1.807, 2.05) is 6.92 Å². The Morgan fingerprint density at radius 2 is 2.13 bits per heavy atom. The van der Waals surface area contributed by atoms with Crippen LogP contribution in [0.3, 0.4) is 0 Å². The summed E-state index contributed by atoms with van der Waals surface area (Å²) in [5.41, 5.74) is 0. The standard InChI is InChI=1S/C11H14ClNO2/c1-9(8-13-6-7-14)15-11-4-2-10(12)3-5-11/h2-5,8-9,14H,6-7H2,1H3. The van der Waals surface area contributed by atoms with Crippen LogP contribution in [0.1, 0.15) is 6.92 Å². The molecule has 0 amide bonds. The van der Waals surface area contributed by atoms with Crippen molar-refractivity contribution < 1.29 is 9.84 Å². The molecule has 0 fully saturated rings. The molecule has 3 nitrogen and oxygen atoms in total. The van der Waals surface area contributed by atoms with Crippen LogP contribution in [-0.4, -0.2) is 30.6 Å². The molecular weight excluding hydrogens is 214 g/mol. The van der Waals surface area contributed by atoms with Crippen molar-refractivity contribution in [1.29, 1.82) is 0 Å². The minimum absolute atomic E-state index is 0.0597. The van der Waals surface area contributed by atoms with Gasteiger partial charge in [-0.3, -0.25) is 4.99 Å². The summed E-state index contributed by atoms with van der Waals surface area (Å²) >= 11 is 5.74. The fourth-order valence-corrected chi connectivity index (χ4v) is 1.16. The molecule has 1 atom stereocenters. The van der Waals surface area contributed by atoms with Crippen molar-refractivity contribution in [3.8, 4) is 5.75 Å². The van der Waals surface area contributed by atoms with Crippen molar-refractivity contribution >= 4 is 17.8 Å². The predicted molar refractivity (Wildman–Crippen MR) is 62.0 cm³/mol. The molecule has 1 aromatic carbocycles. The van der Waals surface area contributed by atoms with Crippen molar-refractivity contribution in [1.82, 2.24) is 0 Å². The van der Waals surface area contributed by atoms with Gasteiger partial charge < -0.3 is 9.84 Å². The summed E-state index contributed by atoms with van der Waals surface area (Å²) in [5.74, 6) is 0.752. The van der Waals surface area contributed by atoms with Gasteiger partial charge in [0, 0.05) is 11.2 Å². The highest BCUT2D eigenvalue weighted by Crippen LogP contribution is 2.16. The van der Waals surface area contributed by atoms with Crippen LogP contribution >= 0.6 is 11.6 Å². The normalized spacial score (nSPS) is 13.0. The molecule has 4 heteroatoms. The van der Waals surface area contributed by atoms with Crippen LogP contribution in [-0.2, 0) is 0 Å². The lowest BCUT2D eigenvalue weighted by molar-refractivity contribution is 0.288. The molecule has 1 rings (SSSR count). The maximum absolute atomic E-state index is 8.53. The number of hydrogen-bond donors (Lipinski definition) is 1. The molecule has 0 spiro atoms. The van der Waals surface area contributed by atoms with Gasteiger partial charge in [-0.25, -0.2) is 0 Å². The molecule has 1 N–H and O–H groups in total. The number of aliphatic hydroxyl groups excluding tert-OH is 1. The number of nitrogens with zero attached hydrogens (tertiary/aromatic N) is 1. The summed E-state index contributed by atoms with van der Waals surface area (Å²) in [6, 6.07) is 7.15. The number of ether oxygens (including phenoxy) is 1. The number of aliphatic imine (C=N–C) groups is 1. The largest absolute Gasteiger partial charge is 0.485 e. The van der Waals surface area contributed by atoms with E-state index in [0.29, 0.717) is 11.6 Å². The molecule has 0 bridgehead atoms. The van der Waals surface area contributed by atoms with Crippen LogP contribution in [0, 0.1) is 0 Å². The number of hydrogen-bond acceptors (Lipinski definition) is 3. The number of rotatable bonds is 5. The highest BCUT2D eigenvalue weighted by atomic mass is 35.5. The van der Waals surface area contributed by atoms with Gasteiger partial charge in [-0.05, 0) is 31.2 Å². The van der Waals surface area contributed by atoms with E-state index in [2.05, 4.69) is 4.99 Å². The van der Waals surface area contributed by atoms with Gasteiger partial charge in [0.1, 0.15) is 11.9 Å². The van der Waals surface area contributed by atoms with Gasteiger partial charge in [0.15, 0.2) is 0 Å². The molecule has 0 aromatic heterocycles. The first-order valence-electron chi connectivity index (χ1n) is 4.75.